The molecule has 6 aromatic rings. The molecule has 102 heavy (non-hydrogen) atoms. The SMILES string of the molecule is C=C(/C=C1\C(=C/C)c2ccc(C3=CC4=C(CC3)c3ccc(-c5ccc6c(c5)C(CCCCCCCC)(CCCCCCCC)c5cc(Nc7ccccc7)ccc5-6)cc3C4(CCCCCCCC)CCCCCCCC)cc2C1(CCCCCCCC)CCCCCCCC)Nc1ccccc1. The summed E-state index contributed by atoms with van der Waals surface area (Å²) in [4.78, 5) is 0. The Morgan fingerprint density at radius 3 is 1.21 bits per heavy atom. The average molecular weight is 1370 g/mol. The van der Waals surface area contributed by atoms with E-state index in [0.29, 0.717) is 0 Å². The largest absolute Gasteiger partial charge is 0.356 e. The molecule has 0 atom stereocenters. The van der Waals surface area contributed by atoms with Crippen molar-refractivity contribution in [3.8, 4) is 22.3 Å². The van der Waals surface area contributed by atoms with Gasteiger partial charge in [-0.2, -0.15) is 0 Å². The van der Waals surface area contributed by atoms with Crippen LogP contribution in [0.25, 0.3) is 39.0 Å². The second-order valence-corrected chi connectivity index (χ2v) is 32.2. The smallest absolute Gasteiger partial charge is 0.0387 e. The van der Waals surface area contributed by atoms with Crippen LogP contribution in [0.2, 0.25) is 0 Å². The molecule has 0 heterocycles. The molecular formula is C100H138N2. The fourth-order valence-corrected chi connectivity index (χ4v) is 19.2. The van der Waals surface area contributed by atoms with Gasteiger partial charge in [-0.3, -0.25) is 0 Å². The van der Waals surface area contributed by atoms with Crippen molar-refractivity contribution in [2.45, 2.75) is 347 Å². The van der Waals surface area contributed by atoms with E-state index in [1.165, 1.54) is 320 Å². The molecular weight excluding hydrogens is 1230 g/mol. The number of nitrogens with one attached hydrogen (secondary N) is 2. The van der Waals surface area contributed by atoms with E-state index in [-0.39, 0.29) is 16.2 Å². The number of allylic oxidation sites excluding steroid dienone is 8. The highest BCUT2D eigenvalue weighted by molar-refractivity contribution is 5.94. The topological polar surface area (TPSA) is 24.1 Å². The van der Waals surface area contributed by atoms with Crippen LogP contribution in [-0.2, 0) is 16.2 Å². The number of rotatable bonds is 49. The first-order chi connectivity index (χ1) is 50.2. The van der Waals surface area contributed by atoms with Crippen molar-refractivity contribution < 1.29 is 0 Å². The standard InChI is InChI=1S/C100H138N2/c1-9-16-22-28-34-46-66-98(67-47-35-29-23-17-10-2)92(72-78(8)101-83-52-42-40-43-53-83)86(15-7)87-61-56-79(73-93(87)98)80-57-62-88-89-63-58-81(75-95(89)99(94(88)74-80,68-48-36-30-24-18-11-3)69-49-37-31-25-19-12-4)82-59-64-90-91-65-60-85(102-84-54-44-41-45-55-84)77-97(91)100(96(90)76-82,70-50-38-32-26-20-13-5)71-51-39-33-27-21-14-6/h15,40-45,52-56,58-61,63-65,72-77,101-102H,8-14,16-39,46-51,57,62,66-71H2,1-7H3/b86-15-,92-72+. The minimum absolute atomic E-state index is 0.0353. The summed E-state index contributed by atoms with van der Waals surface area (Å²) in [5.41, 5.74) is 28.8. The zero-order valence-corrected chi connectivity index (χ0v) is 65.8. The first kappa shape index (κ1) is 78.2. The quantitative estimate of drug-likeness (QED) is 0.0372. The number of unbranched alkanes of at least 4 members (excludes halogenated alkanes) is 30. The van der Waals surface area contributed by atoms with Crippen molar-refractivity contribution in [1.29, 1.82) is 0 Å². The molecule has 548 valence electrons. The van der Waals surface area contributed by atoms with E-state index in [1.807, 2.05) is 0 Å². The molecule has 0 spiro atoms. The van der Waals surface area contributed by atoms with Gasteiger partial charge in [0.25, 0.3) is 0 Å². The average Bonchev–Trinajstić information content (AvgIpc) is 1.57. The Bertz CT molecular complexity index is 3620. The van der Waals surface area contributed by atoms with Gasteiger partial charge in [0.2, 0.25) is 0 Å². The normalized spacial score (nSPS) is 15.9. The molecule has 0 saturated heterocycles. The Balaban J connectivity index is 1.08. The summed E-state index contributed by atoms with van der Waals surface area (Å²) in [5.74, 6) is 0. The molecule has 0 aliphatic heterocycles. The molecule has 6 aromatic carbocycles. The minimum Gasteiger partial charge on any atom is -0.356 e. The van der Waals surface area contributed by atoms with Crippen LogP contribution >= 0.6 is 0 Å². The molecule has 0 aromatic heterocycles. The van der Waals surface area contributed by atoms with Crippen molar-refractivity contribution in [1.82, 2.24) is 0 Å². The third-order valence-corrected chi connectivity index (χ3v) is 24.9. The van der Waals surface area contributed by atoms with Gasteiger partial charge in [-0.1, -0.05) is 370 Å². The lowest BCUT2D eigenvalue weighted by Gasteiger charge is -2.36. The lowest BCUT2D eigenvalue weighted by atomic mass is 9.67. The number of anilines is 3. The van der Waals surface area contributed by atoms with Gasteiger partial charge in [0.1, 0.15) is 0 Å². The Hall–Kier alpha value is -6.38. The predicted octanol–water partition coefficient (Wildman–Crippen LogP) is 32.0. The van der Waals surface area contributed by atoms with E-state index >= 15 is 0 Å². The van der Waals surface area contributed by atoms with Gasteiger partial charge in [0, 0.05) is 39.0 Å². The fourth-order valence-electron chi connectivity index (χ4n) is 19.2. The summed E-state index contributed by atoms with van der Waals surface area (Å²) in [6, 6.07) is 52.8. The number of fused-ring (bicyclic) bond motifs is 6. The van der Waals surface area contributed by atoms with E-state index in [2.05, 4.69) is 211 Å². The molecule has 2 N–H and O–H groups in total. The highest BCUT2D eigenvalue weighted by Crippen LogP contribution is 2.61. The van der Waals surface area contributed by atoms with Crippen molar-refractivity contribution in [3.63, 3.8) is 0 Å². The monoisotopic (exact) mass is 1370 g/mol. The van der Waals surface area contributed by atoms with Crippen LogP contribution in [0.5, 0.6) is 0 Å². The fraction of sp³-hybridized carbons (Fsp3) is 0.540. The minimum atomic E-state index is -0.0893. The summed E-state index contributed by atoms with van der Waals surface area (Å²) in [7, 11) is 0. The number of hydrogen-bond acceptors (Lipinski definition) is 2. The lowest BCUT2D eigenvalue weighted by molar-refractivity contribution is 0.395. The molecule has 0 unspecified atom stereocenters. The van der Waals surface area contributed by atoms with Crippen LogP contribution in [0, 0.1) is 0 Å². The van der Waals surface area contributed by atoms with Crippen LogP contribution in [-0.4, -0.2) is 0 Å². The zero-order valence-electron chi connectivity index (χ0n) is 65.8. The second-order valence-electron chi connectivity index (χ2n) is 32.2. The Morgan fingerprint density at radius 2 is 0.725 bits per heavy atom. The summed E-state index contributed by atoms with van der Waals surface area (Å²) < 4.78 is 0. The lowest BCUT2D eigenvalue weighted by Crippen LogP contribution is -2.27. The summed E-state index contributed by atoms with van der Waals surface area (Å²) in [6.07, 6.45) is 64.6. The maximum absolute atomic E-state index is 4.77. The van der Waals surface area contributed by atoms with Crippen LogP contribution in [0.15, 0.2) is 175 Å². The predicted molar refractivity (Wildman–Crippen MR) is 451 cm³/mol. The molecule has 0 fully saturated rings. The van der Waals surface area contributed by atoms with Gasteiger partial charge in [-0.15, -0.1) is 0 Å². The Morgan fingerprint density at radius 1 is 0.353 bits per heavy atom. The van der Waals surface area contributed by atoms with Crippen molar-refractivity contribution in [2.75, 3.05) is 10.6 Å². The second kappa shape index (κ2) is 40.8. The van der Waals surface area contributed by atoms with Crippen molar-refractivity contribution in [3.05, 3.63) is 214 Å². The van der Waals surface area contributed by atoms with Gasteiger partial charge >= 0.3 is 0 Å². The zero-order chi connectivity index (χ0) is 71.3. The van der Waals surface area contributed by atoms with Crippen LogP contribution in [0.3, 0.4) is 0 Å². The van der Waals surface area contributed by atoms with E-state index < -0.39 is 0 Å². The Kier molecular flexibility index (Phi) is 31.3. The van der Waals surface area contributed by atoms with Crippen molar-refractivity contribution >= 4 is 33.8 Å². The molecule has 10 rings (SSSR count). The molecule has 0 saturated carbocycles. The molecule has 4 aliphatic carbocycles. The maximum Gasteiger partial charge on any atom is 0.0387 e. The maximum atomic E-state index is 4.77. The van der Waals surface area contributed by atoms with Gasteiger partial charge in [0.15, 0.2) is 0 Å². The molecule has 0 radical (unpaired) electrons. The molecule has 0 amide bonds. The molecule has 2 nitrogen and oxygen atoms in total. The number of benzene rings is 6. The third kappa shape index (κ3) is 19.6. The first-order valence-electron chi connectivity index (χ1n) is 43.0. The van der Waals surface area contributed by atoms with Gasteiger partial charge in [-0.05, 0) is 208 Å². The van der Waals surface area contributed by atoms with Crippen molar-refractivity contribution in [2.24, 2.45) is 0 Å². The highest BCUT2D eigenvalue weighted by atomic mass is 14.9. The van der Waals surface area contributed by atoms with Crippen LogP contribution in [0.4, 0.5) is 17.1 Å². The van der Waals surface area contributed by atoms with Gasteiger partial charge in [-0.25, -0.2) is 0 Å². The van der Waals surface area contributed by atoms with E-state index in [4.69, 9.17) is 6.58 Å². The van der Waals surface area contributed by atoms with Crippen LogP contribution < -0.4 is 10.6 Å². The molecule has 0 bridgehead atoms. The van der Waals surface area contributed by atoms with Gasteiger partial charge < -0.3 is 10.6 Å². The van der Waals surface area contributed by atoms with E-state index in [1.54, 1.807) is 44.5 Å². The summed E-state index contributed by atoms with van der Waals surface area (Å²) in [5, 5.41) is 7.64. The van der Waals surface area contributed by atoms with Gasteiger partial charge in [0.05, 0.1) is 0 Å². The Labute approximate surface area is 624 Å². The first-order valence-corrected chi connectivity index (χ1v) is 43.0. The molecule has 4 aliphatic rings. The summed E-state index contributed by atoms with van der Waals surface area (Å²) >= 11 is 0. The van der Waals surface area contributed by atoms with Crippen LogP contribution in [0.1, 0.15) is 370 Å². The van der Waals surface area contributed by atoms with E-state index in [0.717, 1.165) is 29.9 Å². The molecule has 2 heteroatoms. The summed E-state index contributed by atoms with van der Waals surface area (Å²) in [6.45, 7) is 21.2. The third-order valence-electron chi connectivity index (χ3n) is 24.9. The highest BCUT2D eigenvalue weighted by Gasteiger charge is 2.48. The van der Waals surface area contributed by atoms with E-state index in [9.17, 15) is 0 Å². The number of para-hydroxylation sites is 2. The number of hydrogen-bond donors (Lipinski definition) is 2.